The minimum atomic E-state index is 0.170. The van der Waals surface area contributed by atoms with E-state index in [1.807, 2.05) is 38.4 Å². The summed E-state index contributed by atoms with van der Waals surface area (Å²) in [6.07, 6.45) is 6.87. The number of rotatable bonds is 4. The Labute approximate surface area is 165 Å². The van der Waals surface area contributed by atoms with Crippen LogP contribution in [0, 0.1) is 17.4 Å². The third-order valence-electron chi connectivity index (χ3n) is 4.70. The molecule has 0 aliphatic carbocycles. The van der Waals surface area contributed by atoms with Gasteiger partial charge in [0.2, 0.25) is 0 Å². The van der Waals surface area contributed by atoms with Gasteiger partial charge in [-0.05, 0) is 61.1 Å². The first-order valence-corrected chi connectivity index (χ1v) is 9.68. The van der Waals surface area contributed by atoms with Crippen LogP contribution in [0.4, 0.5) is 0 Å². The summed E-state index contributed by atoms with van der Waals surface area (Å²) in [6.45, 7) is 6.08. The summed E-state index contributed by atoms with van der Waals surface area (Å²) in [6, 6.07) is 8.42. The third-order valence-corrected chi connectivity index (χ3v) is 5.49. The predicted molar refractivity (Wildman–Crippen MR) is 110 cm³/mol. The molecule has 4 rings (SSSR count). The summed E-state index contributed by atoms with van der Waals surface area (Å²) >= 11 is 2.35. The van der Waals surface area contributed by atoms with Crippen molar-refractivity contribution in [2.75, 3.05) is 0 Å². The van der Waals surface area contributed by atoms with Gasteiger partial charge in [0.25, 0.3) is 0 Å². The van der Waals surface area contributed by atoms with Crippen LogP contribution in [-0.4, -0.2) is 19.7 Å². The molecule has 5 nitrogen and oxygen atoms in total. The summed E-state index contributed by atoms with van der Waals surface area (Å²) in [5, 5.41) is 4.08. The summed E-state index contributed by atoms with van der Waals surface area (Å²) in [4.78, 5) is 9.31. The van der Waals surface area contributed by atoms with Gasteiger partial charge in [-0.1, -0.05) is 18.1 Å². The second-order valence-electron chi connectivity index (χ2n) is 6.35. The molecule has 4 aromatic heterocycles. The fourth-order valence-electron chi connectivity index (χ4n) is 3.50. The minimum absolute atomic E-state index is 0.170. The second-order valence-corrected chi connectivity index (χ2v) is 7.52. The lowest BCUT2D eigenvalue weighted by Crippen LogP contribution is -2.10. The average Bonchev–Trinajstić information content (AvgIpc) is 3.16. The van der Waals surface area contributed by atoms with E-state index in [9.17, 15) is 0 Å². The zero-order valence-electron chi connectivity index (χ0n) is 14.9. The molecule has 26 heavy (non-hydrogen) atoms. The number of halogens is 1. The third kappa shape index (κ3) is 2.82. The van der Waals surface area contributed by atoms with Gasteiger partial charge in [0, 0.05) is 29.7 Å². The Morgan fingerprint density at radius 3 is 2.73 bits per heavy atom. The van der Waals surface area contributed by atoms with Crippen molar-refractivity contribution < 1.29 is 4.52 Å². The molecule has 132 valence electrons. The fourth-order valence-corrected chi connectivity index (χ4v) is 4.21. The largest absolute Gasteiger partial charge is 0.361 e. The standard InChI is InChI=1S/C20H19IN4O/c1-4-17(16-7-5-6-8-22-16)25-11-15(21)20-18(25)9-14(10-23-20)19-12(2)24-26-13(19)3/h5-11,17H,4H2,1-3H3/t17-/m0/s1. The normalized spacial score (nSPS) is 12.6. The van der Waals surface area contributed by atoms with Crippen LogP contribution < -0.4 is 0 Å². The number of nitrogens with zero attached hydrogens (tertiary/aromatic N) is 4. The highest BCUT2D eigenvalue weighted by Gasteiger charge is 2.20. The van der Waals surface area contributed by atoms with E-state index in [1.165, 1.54) is 0 Å². The number of fused-ring (bicyclic) bond motifs is 1. The highest BCUT2D eigenvalue weighted by atomic mass is 127. The summed E-state index contributed by atoms with van der Waals surface area (Å²) in [7, 11) is 0. The van der Waals surface area contributed by atoms with Crippen molar-refractivity contribution in [3.8, 4) is 11.1 Å². The van der Waals surface area contributed by atoms with E-state index in [2.05, 4.69) is 62.6 Å². The van der Waals surface area contributed by atoms with Crippen LogP contribution in [0.3, 0.4) is 0 Å². The topological polar surface area (TPSA) is 56.7 Å². The number of pyridine rings is 2. The molecule has 0 aromatic carbocycles. The Morgan fingerprint density at radius 1 is 1.23 bits per heavy atom. The number of aryl methyl sites for hydroxylation is 2. The Bertz CT molecular complexity index is 1050. The Morgan fingerprint density at radius 2 is 2.08 bits per heavy atom. The van der Waals surface area contributed by atoms with Gasteiger partial charge in [0.1, 0.15) is 11.3 Å². The van der Waals surface area contributed by atoms with Gasteiger partial charge in [-0.25, -0.2) is 0 Å². The van der Waals surface area contributed by atoms with Crippen molar-refractivity contribution >= 4 is 33.6 Å². The molecule has 0 unspecified atom stereocenters. The lowest BCUT2D eigenvalue weighted by molar-refractivity contribution is 0.393. The highest BCUT2D eigenvalue weighted by molar-refractivity contribution is 14.1. The maximum atomic E-state index is 5.34. The smallest absolute Gasteiger partial charge is 0.141 e. The van der Waals surface area contributed by atoms with E-state index in [1.54, 1.807) is 0 Å². The predicted octanol–water partition coefficient (Wildman–Crippen LogP) is 5.31. The first kappa shape index (κ1) is 17.2. The lowest BCUT2D eigenvalue weighted by Gasteiger charge is -2.18. The minimum Gasteiger partial charge on any atom is -0.361 e. The molecule has 6 heteroatoms. The van der Waals surface area contributed by atoms with Gasteiger partial charge in [-0.15, -0.1) is 0 Å². The molecule has 0 saturated carbocycles. The molecule has 0 fully saturated rings. The Hall–Kier alpha value is -2.22. The quantitative estimate of drug-likeness (QED) is 0.389. The maximum absolute atomic E-state index is 5.34. The lowest BCUT2D eigenvalue weighted by atomic mass is 10.1. The molecule has 0 saturated heterocycles. The van der Waals surface area contributed by atoms with Crippen LogP contribution in [0.5, 0.6) is 0 Å². The van der Waals surface area contributed by atoms with Gasteiger partial charge in [-0.2, -0.15) is 0 Å². The first-order valence-electron chi connectivity index (χ1n) is 8.60. The van der Waals surface area contributed by atoms with Crippen molar-refractivity contribution in [2.45, 2.75) is 33.2 Å². The van der Waals surface area contributed by atoms with Crippen molar-refractivity contribution in [3.05, 3.63) is 63.6 Å². The Kier molecular flexibility index (Phi) is 4.52. The van der Waals surface area contributed by atoms with Crippen LogP contribution in [0.1, 0.15) is 36.5 Å². The summed E-state index contributed by atoms with van der Waals surface area (Å²) in [5.74, 6) is 0.813. The SMILES string of the molecule is CC[C@@H](c1ccccn1)n1cc(I)c2ncc(-c3c(C)noc3C)cc21. The molecule has 0 radical (unpaired) electrons. The summed E-state index contributed by atoms with van der Waals surface area (Å²) in [5.41, 5.74) is 6.10. The van der Waals surface area contributed by atoms with Gasteiger partial charge in [0.15, 0.2) is 0 Å². The van der Waals surface area contributed by atoms with Crippen molar-refractivity contribution in [3.63, 3.8) is 0 Å². The van der Waals surface area contributed by atoms with E-state index in [0.717, 1.165) is 49.3 Å². The van der Waals surface area contributed by atoms with Gasteiger partial charge in [0.05, 0.1) is 26.5 Å². The van der Waals surface area contributed by atoms with Crippen LogP contribution in [0.15, 0.2) is 47.4 Å². The van der Waals surface area contributed by atoms with Crippen molar-refractivity contribution in [1.29, 1.82) is 0 Å². The molecule has 0 aliphatic heterocycles. The van der Waals surface area contributed by atoms with Gasteiger partial charge < -0.3 is 9.09 Å². The van der Waals surface area contributed by atoms with Crippen LogP contribution in [0.2, 0.25) is 0 Å². The van der Waals surface area contributed by atoms with Crippen LogP contribution >= 0.6 is 22.6 Å². The zero-order chi connectivity index (χ0) is 18.3. The second kappa shape index (κ2) is 6.83. The van der Waals surface area contributed by atoms with E-state index in [0.29, 0.717) is 0 Å². The molecule has 0 aliphatic rings. The molecular weight excluding hydrogens is 439 g/mol. The number of aromatic nitrogens is 4. The van der Waals surface area contributed by atoms with E-state index in [4.69, 9.17) is 9.51 Å². The van der Waals surface area contributed by atoms with Crippen LogP contribution in [0.25, 0.3) is 22.2 Å². The molecule has 0 bridgehead atoms. The maximum Gasteiger partial charge on any atom is 0.141 e. The summed E-state index contributed by atoms with van der Waals surface area (Å²) < 4.78 is 8.76. The van der Waals surface area contributed by atoms with Crippen LogP contribution in [-0.2, 0) is 0 Å². The number of hydrogen-bond acceptors (Lipinski definition) is 4. The molecular formula is C20H19IN4O. The van der Waals surface area contributed by atoms with E-state index < -0.39 is 0 Å². The molecule has 4 heterocycles. The molecule has 0 amide bonds. The van der Waals surface area contributed by atoms with Gasteiger partial charge in [-0.3, -0.25) is 9.97 Å². The van der Waals surface area contributed by atoms with Gasteiger partial charge >= 0.3 is 0 Å². The molecule has 0 N–H and O–H groups in total. The van der Waals surface area contributed by atoms with Crippen molar-refractivity contribution in [2.24, 2.45) is 0 Å². The average molecular weight is 458 g/mol. The molecule has 4 aromatic rings. The van der Waals surface area contributed by atoms with E-state index in [-0.39, 0.29) is 6.04 Å². The fraction of sp³-hybridized carbons (Fsp3) is 0.250. The zero-order valence-corrected chi connectivity index (χ0v) is 17.1. The number of hydrogen-bond donors (Lipinski definition) is 0. The highest BCUT2D eigenvalue weighted by Crippen LogP contribution is 2.33. The molecule has 0 spiro atoms. The first-order chi connectivity index (χ1) is 12.6. The monoisotopic (exact) mass is 458 g/mol. The Balaban J connectivity index is 1.92. The molecule has 1 atom stereocenters. The van der Waals surface area contributed by atoms with E-state index >= 15 is 0 Å². The van der Waals surface area contributed by atoms with Crippen molar-refractivity contribution in [1.82, 2.24) is 19.7 Å².